The van der Waals surface area contributed by atoms with Gasteiger partial charge in [0.15, 0.2) is 0 Å². The van der Waals surface area contributed by atoms with E-state index in [0.717, 1.165) is 36.5 Å². The third kappa shape index (κ3) is 3.01. The molecule has 4 amide bonds. The lowest BCUT2D eigenvalue weighted by molar-refractivity contribution is -0.136. The molecule has 3 heterocycles. The van der Waals surface area contributed by atoms with E-state index in [2.05, 4.69) is 24.1 Å². The number of nitrogens with zero attached hydrogens (tertiary/aromatic N) is 2. The Labute approximate surface area is 157 Å². The van der Waals surface area contributed by atoms with Gasteiger partial charge in [-0.25, -0.2) is 0 Å². The van der Waals surface area contributed by atoms with Gasteiger partial charge in [0.05, 0.1) is 11.1 Å². The van der Waals surface area contributed by atoms with Crippen LogP contribution in [0.25, 0.3) is 0 Å². The molecule has 0 spiro atoms. The predicted molar refractivity (Wildman–Crippen MR) is 98.3 cm³/mol. The zero-order chi connectivity index (χ0) is 19.3. The molecule has 4 rings (SSSR count). The summed E-state index contributed by atoms with van der Waals surface area (Å²) in [7, 11) is 0. The smallest absolute Gasteiger partial charge is 0.262 e. The third-order valence-electron chi connectivity index (χ3n) is 5.69. The Hall–Kier alpha value is -2.70. The van der Waals surface area contributed by atoms with Crippen LogP contribution in [-0.2, 0) is 9.59 Å². The fourth-order valence-corrected chi connectivity index (χ4v) is 4.30. The molecule has 7 nitrogen and oxygen atoms in total. The van der Waals surface area contributed by atoms with Gasteiger partial charge in [0.25, 0.3) is 11.8 Å². The monoisotopic (exact) mass is 369 g/mol. The predicted octanol–water partition coefficient (Wildman–Crippen LogP) is 1.71. The first-order chi connectivity index (χ1) is 12.8. The molecule has 0 radical (unpaired) electrons. The molecule has 0 aliphatic carbocycles. The zero-order valence-electron chi connectivity index (χ0n) is 15.6. The van der Waals surface area contributed by atoms with Crippen LogP contribution in [0.2, 0.25) is 0 Å². The standard InChI is InChI=1S/C20H23N3O4/c1-20(2)8-3-9-22(11-20)12-4-5-13-14(10-12)19(27)23(18(13)26)15-6-7-16(24)21-17(15)25/h4-5,10,15H,3,6-9,11H2,1-2H3,(H,21,24,25). The summed E-state index contributed by atoms with van der Waals surface area (Å²) in [6.45, 7) is 6.27. The molecule has 7 heteroatoms. The van der Waals surface area contributed by atoms with E-state index in [1.807, 2.05) is 6.07 Å². The minimum atomic E-state index is -0.924. The first kappa shape index (κ1) is 17.7. The molecule has 1 atom stereocenters. The van der Waals surface area contributed by atoms with Crippen LogP contribution in [0.1, 0.15) is 60.2 Å². The van der Waals surface area contributed by atoms with Crippen molar-refractivity contribution < 1.29 is 19.2 Å². The maximum Gasteiger partial charge on any atom is 0.262 e. The molecule has 2 fully saturated rings. The van der Waals surface area contributed by atoms with Crippen molar-refractivity contribution in [3.63, 3.8) is 0 Å². The van der Waals surface area contributed by atoms with E-state index in [1.54, 1.807) is 12.1 Å². The summed E-state index contributed by atoms with van der Waals surface area (Å²) in [5, 5.41) is 2.21. The fourth-order valence-electron chi connectivity index (χ4n) is 4.30. The van der Waals surface area contributed by atoms with Gasteiger partial charge >= 0.3 is 0 Å². The molecule has 0 aromatic heterocycles. The molecule has 1 aromatic rings. The number of hydrogen-bond acceptors (Lipinski definition) is 5. The molecule has 27 heavy (non-hydrogen) atoms. The van der Waals surface area contributed by atoms with E-state index in [-0.39, 0.29) is 24.2 Å². The van der Waals surface area contributed by atoms with Crippen LogP contribution < -0.4 is 10.2 Å². The van der Waals surface area contributed by atoms with Crippen molar-refractivity contribution in [2.75, 3.05) is 18.0 Å². The van der Waals surface area contributed by atoms with E-state index in [4.69, 9.17) is 0 Å². The number of amides is 4. The van der Waals surface area contributed by atoms with E-state index in [9.17, 15) is 19.2 Å². The molecular formula is C20H23N3O4. The quantitative estimate of drug-likeness (QED) is 0.802. The summed E-state index contributed by atoms with van der Waals surface area (Å²) in [5.41, 5.74) is 1.79. The molecular weight excluding hydrogens is 346 g/mol. The summed E-state index contributed by atoms with van der Waals surface area (Å²) in [6.07, 6.45) is 2.54. The van der Waals surface area contributed by atoms with Crippen LogP contribution in [0.15, 0.2) is 18.2 Å². The van der Waals surface area contributed by atoms with Gasteiger partial charge in [-0.3, -0.25) is 29.4 Å². The minimum Gasteiger partial charge on any atom is -0.371 e. The number of fused-ring (bicyclic) bond motifs is 1. The van der Waals surface area contributed by atoms with Crippen LogP contribution in [0.4, 0.5) is 5.69 Å². The van der Waals surface area contributed by atoms with Crippen molar-refractivity contribution in [2.24, 2.45) is 5.41 Å². The first-order valence-corrected chi connectivity index (χ1v) is 9.37. The molecule has 1 unspecified atom stereocenters. The van der Waals surface area contributed by atoms with Crippen LogP contribution in [0.3, 0.4) is 0 Å². The van der Waals surface area contributed by atoms with Crippen LogP contribution in [0.5, 0.6) is 0 Å². The SMILES string of the molecule is CC1(C)CCCN(c2ccc3c(c2)C(=O)N(C2CCC(=O)NC2=O)C3=O)C1. The summed E-state index contributed by atoms with van der Waals surface area (Å²) < 4.78 is 0. The molecule has 0 saturated carbocycles. The number of carbonyl (C=O) groups is 4. The highest BCUT2D eigenvalue weighted by Crippen LogP contribution is 2.34. The average molecular weight is 369 g/mol. The number of hydrogen-bond donors (Lipinski definition) is 1. The Morgan fingerprint density at radius 2 is 1.81 bits per heavy atom. The minimum absolute atomic E-state index is 0.123. The largest absolute Gasteiger partial charge is 0.371 e. The van der Waals surface area contributed by atoms with Gasteiger partial charge in [0, 0.05) is 25.2 Å². The molecule has 142 valence electrons. The van der Waals surface area contributed by atoms with E-state index >= 15 is 0 Å². The number of nitrogens with one attached hydrogen (secondary N) is 1. The van der Waals surface area contributed by atoms with E-state index in [0.29, 0.717) is 11.1 Å². The average Bonchev–Trinajstić information content (AvgIpc) is 2.85. The maximum absolute atomic E-state index is 12.9. The Morgan fingerprint density at radius 3 is 2.52 bits per heavy atom. The normalized spacial score (nSPS) is 24.9. The second-order valence-electron chi connectivity index (χ2n) is 8.37. The van der Waals surface area contributed by atoms with Crippen molar-refractivity contribution in [2.45, 2.75) is 45.6 Å². The van der Waals surface area contributed by atoms with Gasteiger partial charge in [0.1, 0.15) is 6.04 Å². The Kier molecular flexibility index (Phi) is 4.05. The fraction of sp³-hybridized carbons (Fsp3) is 0.500. The van der Waals surface area contributed by atoms with Crippen molar-refractivity contribution in [1.82, 2.24) is 10.2 Å². The topological polar surface area (TPSA) is 86.8 Å². The zero-order valence-corrected chi connectivity index (χ0v) is 15.6. The summed E-state index contributed by atoms with van der Waals surface area (Å²) >= 11 is 0. The van der Waals surface area contributed by atoms with Gasteiger partial charge in [-0.2, -0.15) is 0 Å². The van der Waals surface area contributed by atoms with Gasteiger partial charge in [-0.1, -0.05) is 13.8 Å². The van der Waals surface area contributed by atoms with Crippen molar-refractivity contribution in [3.05, 3.63) is 29.3 Å². The van der Waals surface area contributed by atoms with Crippen LogP contribution >= 0.6 is 0 Å². The maximum atomic E-state index is 12.9. The highest BCUT2D eigenvalue weighted by Gasteiger charge is 2.44. The Morgan fingerprint density at radius 1 is 1.07 bits per heavy atom. The van der Waals surface area contributed by atoms with Crippen LogP contribution in [-0.4, -0.2) is 47.7 Å². The number of imide groups is 2. The number of benzene rings is 1. The number of rotatable bonds is 2. The number of anilines is 1. The molecule has 0 bridgehead atoms. The lowest BCUT2D eigenvalue weighted by Gasteiger charge is -2.39. The summed E-state index contributed by atoms with van der Waals surface area (Å²) in [4.78, 5) is 52.4. The van der Waals surface area contributed by atoms with Crippen molar-refractivity contribution >= 4 is 29.3 Å². The van der Waals surface area contributed by atoms with Crippen LogP contribution in [0, 0.1) is 5.41 Å². The van der Waals surface area contributed by atoms with Gasteiger partial charge in [-0.05, 0) is 42.9 Å². The summed E-state index contributed by atoms with van der Waals surface area (Å²) in [6, 6.07) is 4.40. The Balaban J connectivity index is 1.62. The first-order valence-electron chi connectivity index (χ1n) is 9.37. The number of carbonyl (C=O) groups excluding carboxylic acids is 4. The van der Waals surface area contributed by atoms with E-state index < -0.39 is 23.8 Å². The lowest BCUT2D eigenvalue weighted by atomic mass is 9.84. The second kappa shape index (κ2) is 6.18. The molecule has 1 N–H and O–H groups in total. The molecule has 3 aliphatic heterocycles. The van der Waals surface area contributed by atoms with E-state index in [1.165, 1.54) is 0 Å². The lowest BCUT2D eigenvalue weighted by Crippen LogP contribution is -2.54. The number of piperidine rings is 2. The molecule has 2 saturated heterocycles. The van der Waals surface area contributed by atoms with Gasteiger partial charge < -0.3 is 4.90 Å². The molecule has 1 aromatic carbocycles. The van der Waals surface area contributed by atoms with Crippen molar-refractivity contribution in [3.8, 4) is 0 Å². The highest BCUT2D eigenvalue weighted by molar-refractivity contribution is 6.23. The van der Waals surface area contributed by atoms with Gasteiger partial charge in [0.2, 0.25) is 11.8 Å². The van der Waals surface area contributed by atoms with Gasteiger partial charge in [-0.15, -0.1) is 0 Å². The Bertz CT molecular complexity index is 861. The summed E-state index contributed by atoms with van der Waals surface area (Å²) in [5.74, 6) is -1.88. The molecule has 3 aliphatic rings. The van der Waals surface area contributed by atoms with Crippen molar-refractivity contribution in [1.29, 1.82) is 0 Å². The highest BCUT2D eigenvalue weighted by atomic mass is 16.2. The second-order valence-corrected chi connectivity index (χ2v) is 8.37. The third-order valence-corrected chi connectivity index (χ3v) is 5.69.